The summed E-state index contributed by atoms with van der Waals surface area (Å²) < 4.78 is 18.4. The van der Waals surface area contributed by atoms with Crippen LogP contribution in [0.15, 0.2) is 48.5 Å². The SMILES string of the molecule is COc1ccc(COCc2c(C)n(C(=O)OC(C)(C)C)c3ccccc23)cc1. The van der Waals surface area contributed by atoms with E-state index >= 15 is 0 Å². The Morgan fingerprint density at radius 2 is 1.68 bits per heavy atom. The lowest BCUT2D eigenvalue weighted by Crippen LogP contribution is -2.27. The second-order valence-electron chi connectivity index (χ2n) is 7.74. The lowest BCUT2D eigenvalue weighted by molar-refractivity contribution is 0.0540. The topological polar surface area (TPSA) is 49.7 Å². The molecule has 0 N–H and O–H groups in total. The standard InChI is InChI=1S/C23H27NO4/c1-16-20(15-27-14-17-10-12-18(26-5)13-11-17)19-8-6-7-9-21(19)24(16)22(25)28-23(2,3)4/h6-13H,14-15H2,1-5H3. The van der Waals surface area contributed by atoms with Gasteiger partial charge in [0.15, 0.2) is 0 Å². The maximum Gasteiger partial charge on any atom is 0.419 e. The Kier molecular flexibility index (Phi) is 5.75. The van der Waals surface area contributed by atoms with Crippen LogP contribution in [0, 0.1) is 6.92 Å². The molecule has 0 spiro atoms. The van der Waals surface area contributed by atoms with Crippen LogP contribution in [0.2, 0.25) is 0 Å². The van der Waals surface area contributed by atoms with Crippen molar-refractivity contribution >= 4 is 17.0 Å². The maximum absolute atomic E-state index is 12.8. The van der Waals surface area contributed by atoms with Gasteiger partial charge in [-0.05, 0) is 51.5 Å². The quantitative estimate of drug-likeness (QED) is 0.589. The molecule has 0 bridgehead atoms. The van der Waals surface area contributed by atoms with Crippen molar-refractivity contribution in [3.63, 3.8) is 0 Å². The summed E-state index contributed by atoms with van der Waals surface area (Å²) in [5.74, 6) is 0.819. The van der Waals surface area contributed by atoms with E-state index in [2.05, 4.69) is 0 Å². The molecule has 1 heterocycles. The summed E-state index contributed by atoms with van der Waals surface area (Å²) in [6.07, 6.45) is -0.373. The largest absolute Gasteiger partial charge is 0.497 e. The minimum absolute atomic E-state index is 0.373. The van der Waals surface area contributed by atoms with Gasteiger partial charge in [-0.15, -0.1) is 0 Å². The Labute approximate surface area is 165 Å². The third kappa shape index (κ3) is 4.37. The molecule has 148 valence electrons. The Morgan fingerprint density at radius 1 is 1.00 bits per heavy atom. The average Bonchev–Trinajstić information content (AvgIpc) is 2.93. The van der Waals surface area contributed by atoms with E-state index in [1.54, 1.807) is 11.7 Å². The molecule has 3 aromatic rings. The van der Waals surface area contributed by atoms with Crippen LogP contribution in [0.5, 0.6) is 5.75 Å². The Hall–Kier alpha value is -2.79. The predicted octanol–water partition coefficient (Wildman–Crippen LogP) is 5.46. The molecule has 0 aliphatic heterocycles. The smallest absolute Gasteiger partial charge is 0.419 e. The Balaban J connectivity index is 1.82. The van der Waals surface area contributed by atoms with Crippen LogP contribution < -0.4 is 4.74 Å². The van der Waals surface area contributed by atoms with Crippen molar-refractivity contribution in [2.75, 3.05) is 7.11 Å². The van der Waals surface area contributed by atoms with E-state index in [1.807, 2.05) is 76.2 Å². The first-order valence-corrected chi connectivity index (χ1v) is 9.33. The van der Waals surface area contributed by atoms with Gasteiger partial charge in [-0.2, -0.15) is 0 Å². The van der Waals surface area contributed by atoms with E-state index < -0.39 is 5.60 Å². The maximum atomic E-state index is 12.8. The molecule has 5 nitrogen and oxygen atoms in total. The summed E-state index contributed by atoms with van der Waals surface area (Å²) in [5, 5.41) is 1.00. The highest BCUT2D eigenvalue weighted by Crippen LogP contribution is 2.28. The van der Waals surface area contributed by atoms with Crippen molar-refractivity contribution in [2.45, 2.75) is 46.5 Å². The summed E-state index contributed by atoms with van der Waals surface area (Å²) in [7, 11) is 1.65. The zero-order chi connectivity index (χ0) is 20.3. The first kappa shape index (κ1) is 20.0. The minimum Gasteiger partial charge on any atom is -0.497 e. The van der Waals surface area contributed by atoms with Gasteiger partial charge in [0.25, 0.3) is 0 Å². The van der Waals surface area contributed by atoms with Crippen LogP contribution in [-0.2, 0) is 22.7 Å². The van der Waals surface area contributed by atoms with E-state index in [1.165, 1.54) is 0 Å². The van der Waals surface area contributed by atoms with Crippen LogP contribution in [0.1, 0.15) is 37.6 Å². The monoisotopic (exact) mass is 381 g/mol. The fraction of sp³-hybridized carbons (Fsp3) is 0.348. The van der Waals surface area contributed by atoms with Crippen LogP contribution in [-0.4, -0.2) is 23.4 Å². The van der Waals surface area contributed by atoms with Crippen molar-refractivity contribution in [1.29, 1.82) is 0 Å². The molecule has 0 saturated carbocycles. The molecule has 0 fully saturated rings. The molecular formula is C23H27NO4. The van der Waals surface area contributed by atoms with Crippen molar-refractivity contribution in [3.8, 4) is 5.75 Å². The van der Waals surface area contributed by atoms with Crippen molar-refractivity contribution in [3.05, 3.63) is 65.4 Å². The molecular weight excluding hydrogens is 354 g/mol. The summed E-state index contributed by atoms with van der Waals surface area (Å²) >= 11 is 0. The molecule has 0 radical (unpaired) electrons. The number of hydrogen-bond acceptors (Lipinski definition) is 4. The van der Waals surface area contributed by atoms with Gasteiger partial charge in [0.2, 0.25) is 0 Å². The van der Waals surface area contributed by atoms with E-state index in [9.17, 15) is 4.79 Å². The lowest BCUT2D eigenvalue weighted by Gasteiger charge is -2.20. The number of para-hydroxylation sites is 1. The van der Waals surface area contributed by atoms with Crippen LogP contribution in [0.3, 0.4) is 0 Å². The number of fused-ring (bicyclic) bond motifs is 1. The van der Waals surface area contributed by atoms with Crippen LogP contribution in [0.4, 0.5) is 4.79 Å². The molecule has 0 aliphatic carbocycles. The molecule has 0 unspecified atom stereocenters. The zero-order valence-electron chi connectivity index (χ0n) is 17.1. The van der Waals surface area contributed by atoms with Gasteiger partial charge < -0.3 is 14.2 Å². The van der Waals surface area contributed by atoms with E-state index in [0.717, 1.165) is 33.5 Å². The summed E-state index contributed by atoms with van der Waals surface area (Å²) in [6.45, 7) is 8.42. The van der Waals surface area contributed by atoms with Gasteiger partial charge >= 0.3 is 6.09 Å². The molecule has 3 rings (SSSR count). The molecule has 2 aromatic carbocycles. The number of aromatic nitrogens is 1. The number of benzene rings is 2. The predicted molar refractivity (Wildman–Crippen MR) is 110 cm³/mol. The van der Waals surface area contributed by atoms with Crippen molar-refractivity contribution < 1.29 is 19.0 Å². The Morgan fingerprint density at radius 3 is 2.32 bits per heavy atom. The zero-order valence-corrected chi connectivity index (χ0v) is 17.1. The summed E-state index contributed by atoms with van der Waals surface area (Å²) in [5.41, 5.74) is 3.17. The number of nitrogens with zero attached hydrogens (tertiary/aromatic N) is 1. The van der Waals surface area contributed by atoms with Crippen molar-refractivity contribution in [2.24, 2.45) is 0 Å². The average molecular weight is 381 g/mol. The van der Waals surface area contributed by atoms with Gasteiger partial charge in [0.05, 0.1) is 25.8 Å². The molecule has 5 heteroatoms. The minimum atomic E-state index is -0.556. The fourth-order valence-electron chi connectivity index (χ4n) is 3.15. The van der Waals surface area contributed by atoms with Gasteiger partial charge in [-0.25, -0.2) is 9.36 Å². The summed E-state index contributed by atoms with van der Waals surface area (Å²) in [6, 6.07) is 15.6. The van der Waals surface area contributed by atoms with Crippen LogP contribution >= 0.6 is 0 Å². The second kappa shape index (κ2) is 8.07. The first-order valence-electron chi connectivity index (χ1n) is 9.33. The van der Waals surface area contributed by atoms with Crippen LogP contribution in [0.25, 0.3) is 10.9 Å². The highest BCUT2D eigenvalue weighted by molar-refractivity contribution is 5.93. The molecule has 0 atom stereocenters. The highest BCUT2D eigenvalue weighted by atomic mass is 16.6. The highest BCUT2D eigenvalue weighted by Gasteiger charge is 2.23. The van der Waals surface area contributed by atoms with Gasteiger partial charge in [0, 0.05) is 16.6 Å². The van der Waals surface area contributed by atoms with Crippen molar-refractivity contribution in [1.82, 2.24) is 4.57 Å². The fourth-order valence-corrected chi connectivity index (χ4v) is 3.15. The van der Waals surface area contributed by atoms with E-state index in [0.29, 0.717) is 13.2 Å². The first-order chi connectivity index (χ1) is 13.3. The third-order valence-electron chi connectivity index (χ3n) is 4.49. The molecule has 0 saturated heterocycles. The van der Waals surface area contributed by atoms with Gasteiger partial charge in [-0.3, -0.25) is 0 Å². The number of rotatable bonds is 5. The molecule has 1 aromatic heterocycles. The molecule has 0 aliphatic rings. The number of hydrogen-bond donors (Lipinski definition) is 0. The Bertz CT molecular complexity index is 965. The lowest BCUT2D eigenvalue weighted by atomic mass is 10.1. The third-order valence-corrected chi connectivity index (χ3v) is 4.49. The van der Waals surface area contributed by atoms with E-state index in [-0.39, 0.29) is 6.09 Å². The number of methoxy groups -OCH3 is 1. The van der Waals surface area contributed by atoms with E-state index in [4.69, 9.17) is 14.2 Å². The number of carbonyl (C=O) groups is 1. The van der Waals surface area contributed by atoms with Gasteiger partial charge in [-0.1, -0.05) is 30.3 Å². The number of carbonyl (C=O) groups excluding carboxylic acids is 1. The number of ether oxygens (including phenoxy) is 3. The normalized spacial score (nSPS) is 11.6. The second-order valence-corrected chi connectivity index (χ2v) is 7.74. The van der Waals surface area contributed by atoms with Gasteiger partial charge in [0.1, 0.15) is 11.4 Å². The summed E-state index contributed by atoms with van der Waals surface area (Å²) in [4.78, 5) is 12.8. The molecule has 28 heavy (non-hydrogen) atoms. The molecule has 0 amide bonds.